The molecule has 0 bridgehead atoms. The number of nitrogens with zero attached hydrogens (tertiary/aromatic N) is 5. The SMILES string of the molecule is CC(=O)N1CCN(c2ccc(C(=O)Nc3ccc(C#N)cc3)nn2)CC1. The number of anilines is 2. The highest BCUT2D eigenvalue weighted by Gasteiger charge is 2.20. The predicted molar refractivity (Wildman–Crippen MR) is 95.6 cm³/mol. The molecule has 132 valence electrons. The first-order valence-corrected chi connectivity index (χ1v) is 8.22. The topological polar surface area (TPSA) is 102 Å². The van der Waals surface area contributed by atoms with Gasteiger partial charge in [0.15, 0.2) is 11.5 Å². The third kappa shape index (κ3) is 3.95. The van der Waals surface area contributed by atoms with Gasteiger partial charge < -0.3 is 15.1 Å². The molecule has 1 aliphatic rings. The zero-order valence-corrected chi connectivity index (χ0v) is 14.3. The summed E-state index contributed by atoms with van der Waals surface area (Å²) in [7, 11) is 0. The molecule has 0 unspecified atom stereocenters. The van der Waals surface area contributed by atoms with Crippen molar-refractivity contribution in [3.05, 3.63) is 47.7 Å². The molecule has 1 saturated heterocycles. The maximum absolute atomic E-state index is 12.2. The molecule has 2 aromatic rings. The average molecular weight is 350 g/mol. The van der Waals surface area contributed by atoms with Gasteiger partial charge >= 0.3 is 0 Å². The normalized spacial score (nSPS) is 13.8. The predicted octanol–water partition coefficient (Wildman–Crippen LogP) is 1.27. The van der Waals surface area contributed by atoms with Gasteiger partial charge in [0.25, 0.3) is 5.91 Å². The average Bonchev–Trinajstić information content (AvgIpc) is 2.69. The largest absolute Gasteiger partial charge is 0.352 e. The van der Waals surface area contributed by atoms with Gasteiger partial charge in [0.2, 0.25) is 5.91 Å². The Morgan fingerprint density at radius 1 is 1.04 bits per heavy atom. The van der Waals surface area contributed by atoms with Crippen LogP contribution in [0.3, 0.4) is 0 Å². The van der Waals surface area contributed by atoms with E-state index in [9.17, 15) is 9.59 Å². The molecular formula is C18H18N6O2. The number of aromatic nitrogens is 2. The molecule has 26 heavy (non-hydrogen) atoms. The van der Waals surface area contributed by atoms with E-state index in [-0.39, 0.29) is 17.5 Å². The van der Waals surface area contributed by atoms with Crippen molar-refractivity contribution >= 4 is 23.3 Å². The van der Waals surface area contributed by atoms with E-state index in [0.717, 1.165) is 0 Å². The summed E-state index contributed by atoms with van der Waals surface area (Å²) < 4.78 is 0. The summed E-state index contributed by atoms with van der Waals surface area (Å²) in [6, 6.07) is 12.0. The number of amides is 2. The van der Waals surface area contributed by atoms with Crippen molar-refractivity contribution in [2.45, 2.75) is 6.92 Å². The first-order chi connectivity index (χ1) is 12.6. The zero-order chi connectivity index (χ0) is 18.5. The monoisotopic (exact) mass is 350 g/mol. The molecule has 1 aliphatic heterocycles. The van der Waals surface area contributed by atoms with Crippen LogP contribution in [-0.2, 0) is 4.79 Å². The number of rotatable bonds is 3. The lowest BCUT2D eigenvalue weighted by Gasteiger charge is -2.34. The number of nitriles is 1. The fraction of sp³-hybridized carbons (Fsp3) is 0.278. The highest BCUT2D eigenvalue weighted by Crippen LogP contribution is 2.14. The molecule has 0 atom stereocenters. The number of carbonyl (C=O) groups is 2. The summed E-state index contributed by atoms with van der Waals surface area (Å²) in [6.07, 6.45) is 0. The van der Waals surface area contributed by atoms with Gasteiger partial charge in [-0.15, -0.1) is 10.2 Å². The highest BCUT2D eigenvalue weighted by atomic mass is 16.2. The minimum absolute atomic E-state index is 0.0746. The van der Waals surface area contributed by atoms with Gasteiger partial charge in [-0.2, -0.15) is 5.26 Å². The van der Waals surface area contributed by atoms with Crippen molar-refractivity contribution < 1.29 is 9.59 Å². The van der Waals surface area contributed by atoms with Crippen LogP contribution in [0.5, 0.6) is 0 Å². The molecule has 2 amide bonds. The van der Waals surface area contributed by atoms with Crippen LogP contribution in [0.4, 0.5) is 11.5 Å². The van der Waals surface area contributed by atoms with E-state index in [2.05, 4.69) is 15.5 Å². The maximum atomic E-state index is 12.2. The summed E-state index contributed by atoms with van der Waals surface area (Å²) in [4.78, 5) is 27.4. The molecule has 8 nitrogen and oxygen atoms in total. The van der Waals surface area contributed by atoms with Gasteiger partial charge in [-0.3, -0.25) is 9.59 Å². The van der Waals surface area contributed by atoms with Gasteiger partial charge in [0.05, 0.1) is 11.6 Å². The van der Waals surface area contributed by atoms with Crippen molar-refractivity contribution in [2.75, 3.05) is 36.4 Å². The lowest BCUT2D eigenvalue weighted by molar-refractivity contribution is -0.129. The van der Waals surface area contributed by atoms with Gasteiger partial charge in [-0.25, -0.2) is 0 Å². The Hall–Kier alpha value is -3.47. The molecule has 0 saturated carbocycles. The first-order valence-electron chi connectivity index (χ1n) is 8.22. The van der Waals surface area contributed by atoms with Gasteiger partial charge in [-0.05, 0) is 36.4 Å². The van der Waals surface area contributed by atoms with Crippen LogP contribution in [0.25, 0.3) is 0 Å². The standard InChI is InChI=1S/C18H18N6O2/c1-13(25)23-8-10-24(11-9-23)17-7-6-16(21-22-17)18(26)20-15-4-2-14(12-19)3-5-15/h2-7H,8-11H2,1H3,(H,20,26). The number of hydrogen-bond acceptors (Lipinski definition) is 6. The van der Waals surface area contributed by atoms with E-state index in [1.54, 1.807) is 48.2 Å². The maximum Gasteiger partial charge on any atom is 0.276 e. The smallest absolute Gasteiger partial charge is 0.276 e. The number of benzene rings is 1. The minimum Gasteiger partial charge on any atom is -0.352 e. The number of nitrogens with one attached hydrogen (secondary N) is 1. The van der Waals surface area contributed by atoms with Crippen LogP contribution >= 0.6 is 0 Å². The molecule has 1 aromatic carbocycles. The second kappa shape index (κ2) is 7.61. The first kappa shape index (κ1) is 17.4. The fourth-order valence-electron chi connectivity index (χ4n) is 2.69. The second-order valence-corrected chi connectivity index (χ2v) is 5.91. The van der Waals surface area contributed by atoms with Crippen molar-refractivity contribution in [2.24, 2.45) is 0 Å². The lowest BCUT2D eigenvalue weighted by atomic mass is 10.2. The Balaban J connectivity index is 1.61. The molecule has 0 radical (unpaired) electrons. The summed E-state index contributed by atoms with van der Waals surface area (Å²) >= 11 is 0. The summed E-state index contributed by atoms with van der Waals surface area (Å²) in [5.41, 5.74) is 1.32. The van der Waals surface area contributed by atoms with Crippen molar-refractivity contribution in [1.29, 1.82) is 5.26 Å². The molecule has 1 aromatic heterocycles. The van der Waals surface area contributed by atoms with Crippen molar-refractivity contribution in [1.82, 2.24) is 15.1 Å². The summed E-state index contributed by atoms with van der Waals surface area (Å²) in [5, 5.41) is 19.6. The van der Waals surface area contributed by atoms with Crippen LogP contribution < -0.4 is 10.2 Å². The zero-order valence-electron chi connectivity index (χ0n) is 14.3. The van der Waals surface area contributed by atoms with Gasteiger partial charge in [-0.1, -0.05) is 0 Å². The Morgan fingerprint density at radius 2 is 1.73 bits per heavy atom. The molecule has 8 heteroatoms. The third-order valence-corrected chi connectivity index (χ3v) is 4.20. The molecule has 3 rings (SSSR count). The Labute approximate surface area is 151 Å². The molecule has 0 aliphatic carbocycles. The summed E-state index contributed by atoms with van der Waals surface area (Å²) in [5.74, 6) is 0.392. The Kier molecular flexibility index (Phi) is 5.08. The fourth-order valence-corrected chi connectivity index (χ4v) is 2.69. The van der Waals surface area contributed by atoms with E-state index < -0.39 is 0 Å². The Bertz CT molecular complexity index is 833. The van der Waals surface area contributed by atoms with Gasteiger partial charge in [0.1, 0.15) is 0 Å². The van der Waals surface area contributed by atoms with E-state index >= 15 is 0 Å². The Morgan fingerprint density at radius 3 is 2.27 bits per heavy atom. The van der Waals surface area contributed by atoms with Crippen molar-refractivity contribution in [3.63, 3.8) is 0 Å². The third-order valence-electron chi connectivity index (χ3n) is 4.20. The quantitative estimate of drug-likeness (QED) is 0.894. The second-order valence-electron chi connectivity index (χ2n) is 5.91. The number of piperazine rings is 1. The van der Waals surface area contributed by atoms with E-state index in [1.807, 2.05) is 11.0 Å². The number of carbonyl (C=O) groups excluding carboxylic acids is 2. The van der Waals surface area contributed by atoms with Crippen molar-refractivity contribution in [3.8, 4) is 6.07 Å². The summed E-state index contributed by atoms with van der Waals surface area (Å²) in [6.45, 7) is 4.24. The van der Waals surface area contributed by atoms with Crippen LogP contribution in [0.2, 0.25) is 0 Å². The minimum atomic E-state index is -0.366. The lowest BCUT2D eigenvalue weighted by Crippen LogP contribution is -2.48. The number of hydrogen-bond donors (Lipinski definition) is 1. The highest BCUT2D eigenvalue weighted by molar-refractivity contribution is 6.02. The molecular weight excluding hydrogens is 332 g/mol. The van der Waals surface area contributed by atoms with Crippen LogP contribution in [0.15, 0.2) is 36.4 Å². The van der Waals surface area contributed by atoms with E-state index in [4.69, 9.17) is 5.26 Å². The van der Waals surface area contributed by atoms with Crippen LogP contribution in [0, 0.1) is 11.3 Å². The molecule has 2 heterocycles. The molecule has 1 fully saturated rings. The van der Waals surface area contributed by atoms with E-state index in [0.29, 0.717) is 43.2 Å². The molecule has 0 spiro atoms. The van der Waals surface area contributed by atoms with Gasteiger partial charge in [0, 0.05) is 38.8 Å². The van der Waals surface area contributed by atoms with Crippen LogP contribution in [0.1, 0.15) is 23.0 Å². The van der Waals surface area contributed by atoms with Crippen LogP contribution in [-0.4, -0.2) is 53.1 Å². The van der Waals surface area contributed by atoms with E-state index in [1.165, 1.54) is 0 Å². The molecule has 1 N–H and O–H groups in total.